The largest absolute Gasteiger partial charge is 0.443 e. The highest BCUT2D eigenvalue weighted by Crippen LogP contribution is 2.22. The maximum Gasteiger partial charge on any atom is 0.216 e. The van der Waals surface area contributed by atoms with Crippen LogP contribution in [-0.4, -0.2) is 24.0 Å². The van der Waals surface area contributed by atoms with Gasteiger partial charge in [-0.3, -0.25) is 0 Å². The number of hydrogen-bond donors (Lipinski definition) is 2. The molecule has 7 heteroatoms. The van der Waals surface area contributed by atoms with Gasteiger partial charge in [-0.15, -0.1) is 24.0 Å². The van der Waals surface area contributed by atoms with E-state index in [0.29, 0.717) is 18.4 Å². The van der Waals surface area contributed by atoms with Crippen molar-refractivity contribution in [3.05, 3.63) is 40.2 Å². The van der Waals surface area contributed by atoms with Gasteiger partial charge in [-0.25, -0.2) is 9.98 Å². The van der Waals surface area contributed by atoms with Crippen LogP contribution in [-0.2, 0) is 12.0 Å². The molecule has 1 atom stereocenters. The number of guanidine groups is 1. The first-order valence-electron chi connectivity index (χ1n) is 8.39. The Bertz CT molecular complexity index is 646. The average Bonchev–Trinajstić information content (AvgIpc) is 3.20. The van der Waals surface area contributed by atoms with Gasteiger partial charge in [0, 0.05) is 18.5 Å². The number of aliphatic imine (C=N–C) groups is 1. The Balaban J connectivity index is 0.00000312. The van der Waals surface area contributed by atoms with Crippen LogP contribution in [0.4, 0.5) is 0 Å². The minimum Gasteiger partial charge on any atom is -0.443 e. The molecule has 140 valence electrons. The van der Waals surface area contributed by atoms with Crippen LogP contribution in [0, 0.1) is 0 Å². The van der Waals surface area contributed by atoms with Crippen LogP contribution >= 0.6 is 35.3 Å². The zero-order chi connectivity index (χ0) is 17.6. The van der Waals surface area contributed by atoms with E-state index in [4.69, 9.17) is 4.42 Å². The molecule has 0 aliphatic rings. The lowest BCUT2D eigenvalue weighted by Gasteiger charge is -2.15. The lowest BCUT2D eigenvalue weighted by atomic mass is 9.94. The molecule has 2 N–H and O–H groups in total. The van der Waals surface area contributed by atoms with Gasteiger partial charge in [-0.1, -0.05) is 27.7 Å². The van der Waals surface area contributed by atoms with Gasteiger partial charge in [-0.05, 0) is 35.2 Å². The average molecular weight is 476 g/mol. The van der Waals surface area contributed by atoms with Crippen molar-refractivity contribution in [2.24, 2.45) is 4.99 Å². The predicted molar refractivity (Wildman–Crippen MR) is 116 cm³/mol. The summed E-state index contributed by atoms with van der Waals surface area (Å²) in [6, 6.07) is 2.17. The highest BCUT2D eigenvalue weighted by molar-refractivity contribution is 14.0. The highest BCUT2D eigenvalue weighted by Gasteiger charge is 2.19. The second-order valence-electron chi connectivity index (χ2n) is 6.90. The first-order chi connectivity index (χ1) is 11.4. The van der Waals surface area contributed by atoms with Crippen LogP contribution in [0.1, 0.15) is 57.8 Å². The number of nitrogens with zero attached hydrogens (tertiary/aromatic N) is 2. The Labute approximate surface area is 171 Å². The molecule has 2 aromatic heterocycles. The number of aromatic nitrogens is 1. The number of rotatable bonds is 6. The number of hydrogen-bond acceptors (Lipinski definition) is 4. The van der Waals surface area contributed by atoms with Crippen LogP contribution in [0.25, 0.3) is 0 Å². The molecular weight excluding hydrogens is 447 g/mol. The van der Waals surface area contributed by atoms with E-state index in [1.165, 1.54) is 5.56 Å². The Kier molecular flexibility index (Phi) is 8.92. The predicted octanol–water partition coefficient (Wildman–Crippen LogP) is 4.51. The van der Waals surface area contributed by atoms with Crippen molar-refractivity contribution < 1.29 is 4.42 Å². The Hall–Kier alpha value is -1.09. The maximum absolute atomic E-state index is 5.79. The molecule has 25 heavy (non-hydrogen) atoms. The molecule has 2 rings (SSSR count). The summed E-state index contributed by atoms with van der Waals surface area (Å²) in [7, 11) is 0. The number of thiophene rings is 1. The SMILES string of the molecule is CCNC(=NCc1ncc(C(C)(C)C)o1)NCC(C)c1ccsc1.I. The van der Waals surface area contributed by atoms with E-state index in [1.807, 2.05) is 0 Å². The molecule has 0 radical (unpaired) electrons. The summed E-state index contributed by atoms with van der Waals surface area (Å²) < 4.78 is 5.79. The molecule has 2 heterocycles. The zero-order valence-electron chi connectivity index (χ0n) is 15.6. The molecule has 0 spiro atoms. The summed E-state index contributed by atoms with van der Waals surface area (Å²) in [5.74, 6) is 2.75. The quantitative estimate of drug-likeness (QED) is 0.366. The lowest BCUT2D eigenvalue weighted by Crippen LogP contribution is -2.39. The van der Waals surface area contributed by atoms with Crippen LogP contribution in [0.5, 0.6) is 0 Å². The summed E-state index contributed by atoms with van der Waals surface area (Å²) in [5.41, 5.74) is 1.32. The minimum atomic E-state index is -0.0340. The third kappa shape index (κ3) is 6.97. The van der Waals surface area contributed by atoms with Crippen molar-refractivity contribution in [2.75, 3.05) is 13.1 Å². The summed E-state index contributed by atoms with van der Waals surface area (Å²) in [5, 5.41) is 11.0. The standard InChI is InChI=1S/C18H28N4OS.HI/c1-6-19-17(21-9-13(2)14-7-8-24-12-14)22-11-16-20-10-15(23-16)18(3,4)5;/h7-8,10,12-13H,6,9,11H2,1-5H3,(H2,19,21,22);1H. The number of nitrogens with one attached hydrogen (secondary N) is 2. The Morgan fingerprint density at radius 1 is 1.36 bits per heavy atom. The van der Waals surface area contributed by atoms with Crippen molar-refractivity contribution in [3.8, 4) is 0 Å². The third-order valence-corrected chi connectivity index (χ3v) is 4.40. The fourth-order valence-electron chi connectivity index (χ4n) is 2.14. The van der Waals surface area contributed by atoms with Gasteiger partial charge in [0.2, 0.25) is 5.89 Å². The number of oxazole rings is 1. The Morgan fingerprint density at radius 2 is 2.12 bits per heavy atom. The summed E-state index contributed by atoms with van der Waals surface area (Å²) in [4.78, 5) is 8.90. The molecule has 0 saturated heterocycles. The molecule has 0 aliphatic carbocycles. The van der Waals surface area contributed by atoms with Gasteiger partial charge in [0.05, 0.1) is 6.20 Å². The van der Waals surface area contributed by atoms with E-state index in [1.54, 1.807) is 17.5 Å². The topological polar surface area (TPSA) is 62.5 Å². The van der Waals surface area contributed by atoms with Crippen LogP contribution < -0.4 is 10.6 Å². The fourth-order valence-corrected chi connectivity index (χ4v) is 2.92. The van der Waals surface area contributed by atoms with Crippen molar-refractivity contribution in [3.63, 3.8) is 0 Å². The normalized spacial score (nSPS) is 13.2. The van der Waals surface area contributed by atoms with E-state index < -0.39 is 0 Å². The van der Waals surface area contributed by atoms with Crippen molar-refractivity contribution in [1.82, 2.24) is 15.6 Å². The van der Waals surface area contributed by atoms with E-state index in [0.717, 1.165) is 24.8 Å². The van der Waals surface area contributed by atoms with Crippen molar-refractivity contribution >= 4 is 41.3 Å². The van der Waals surface area contributed by atoms with E-state index in [9.17, 15) is 0 Å². The number of halogens is 1. The van der Waals surface area contributed by atoms with Crippen LogP contribution in [0.3, 0.4) is 0 Å². The van der Waals surface area contributed by atoms with Gasteiger partial charge in [0.1, 0.15) is 12.3 Å². The zero-order valence-corrected chi connectivity index (χ0v) is 18.8. The van der Waals surface area contributed by atoms with Crippen LogP contribution in [0.2, 0.25) is 0 Å². The minimum absolute atomic E-state index is 0. The summed E-state index contributed by atoms with van der Waals surface area (Å²) in [6.45, 7) is 12.7. The van der Waals surface area contributed by atoms with Crippen LogP contribution in [0.15, 0.2) is 32.4 Å². The molecule has 5 nitrogen and oxygen atoms in total. The second kappa shape index (κ2) is 10.2. The Morgan fingerprint density at radius 3 is 2.68 bits per heavy atom. The van der Waals surface area contributed by atoms with E-state index in [-0.39, 0.29) is 29.4 Å². The van der Waals surface area contributed by atoms with Gasteiger partial charge >= 0.3 is 0 Å². The van der Waals surface area contributed by atoms with E-state index >= 15 is 0 Å². The molecule has 0 fully saturated rings. The molecule has 0 saturated carbocycles. The molecule has 0 bridgehead atoms. The summed E-state index contributed by atoms with van der Waals surface area (Å²) in [6.07, 6.45) is 1.80. The molecule has 1 unspecified atom stereocenters. The van der Waals surface area contributed by atoms with Crippen molar-refractivity contribution in [1.29, 1.82) is 0 Å². The van der Waals surface area contributed by atoms with Crippen molar-refractivity contribution in [2.45, 2.75) is 52.5 Å². The maximum atomic E-state index is 5.79. The second-order valence-corrected chi connectivity index (χ2v) is 7.68. The first kappa shape index (κ1) is 22.0. The lowest BCUT2D eigenvalue weighted by molar-refractivity contribution is 0.383. The monoisotopic (exact) mass is 476 g/mol. The first-order valence-corrected chi connectivity index (χ1v) is 9.34. The van der Waals surface area contributed by atoms with Gasteiger partial charge in [0.25, 0.3) is 0 Å². The third-order valence-electron chi connectivity index (χ3n) is 3.70. The van der Waals surface area contributed by atoms with Gasteiger partial charge < -0.3 is 15.1 Å². The summed E-state index contributed by atoms with van der Waals surface area (Å²) >= 11 is 1.73. The van der Waals surface area contributed by atoms with E-state index in [2.05, 4.69) is 72.1 Å². The van der Waals surface area contributed by atoms with Gasteiger partial charge in [0.15, 0.2) is 5.96 Å². The van der Waals surface area contributed by atoms with Gasteiger partial charge in [-0.2, -0.15) is 11.3 Å². The molecule has 0 aromatic carbocycles. The molecule has 2 aromatic rings. The smallest absolute Gasteiger partial charge is 0.216 e. The highest BCUT2D eigenvalue weighted by atomic mass is 127. The molecular formula is C18H29IN4OS. The fraction of sp³-hybridized carbons (Fsp3) is 0.556. The molecule has 0 amide bonds. The molecule has 0 aliphatic heterocycles.